The zero-order valence-electron chi connectivity index (χ0n) is 11.5. The maximum absolute atomic E-state index is 5.31. The summed E-state index contributed by atoms with van der Waals surface area (Å²) < 4.78 is 10.4. The molecular formula is C14H23NO2. The summed E-state index contributed by atoms with van der Waals surface area (Å²) in [5.41, 5.74) is 3.95. The molecule has 0 heterocycles. The molecule has 0 spiro atoms. The standard InChI is InChI=1S/C14H23NO2/c1-11-12(2)14(17-5)7-6-13(11)8-9-15(3)10-16-4/h6-7H,8-10H2,1-5H3. The van der Waals surface area contributed by atoms with Crippen LogP contribution in [0.1, 0.15) is 16.7 Å². The Morgan fingerprint density at radius 3 is 2.41 bits per heavy atom. The van der Waals surface area contributed by atoms with Gasteiger partial charge in [0, 0.05) is 13.7 Å². The normalized spacial score (nSPS) is 10.9. The van der Waals surface area contributed by atoms with Crippen LogP contribution in [0.25, 0.3) is 0 Å². The molecule has 96 valence electrons. The fraction of sp³-hybridized carbons (Fsp3) is 0.571. The van der Waals surface area contributed by atoms with Crippen LogP contribution in [-0.2, 0) is 11.2 Å². The van der Waals surface area contributed by atoms with Crippen molar-refractivity contribution in [1.29, 1.82) is 0 Å². The molecule has 0 aromatic heterocycles. The fourth-order valence-electron chi connectivity index (χ4n) is 1.94. The molecule has 0 unspecified atom stereocenters. The van der Waals surface area contributed by atoms with Gasteiger partial charge in [0.15, 0.2) is 0 Å². The van der Waals surface area contributed by atoms with Crippen LogP contribution in [0.15, 0.2) is 12.1 Å². The zero-order valence-corrected chi connectivity index (χ0v) is 11.5. The van der Waals surface area contributed by atoms with Crippen molar-refractivity contribution in [3.63, 3.8) is 0 Å². The molecular weight excluding hydrogens is 214 g/mol. The van der Waals surface area contributed by atoms with E-state index in [9.17, 15) is 0 Å². The summed E-state index contributed by atoms with van der Waals surface area (Å²) in [5.74, 6) is 0.969. The minimum absolute atomic E-state index is 0.675. The first-order valence-corrected chi connectivity index (χ1v) is 5.90. The number of hydrogen-bond donors (Lipinski definition) is 0. The largest absolute Gasteiger partial charge is 0.496 e. The monoisotopic (exact) mass is 237 g/mol. The number of methoxy groups -OCH3 is 2. The zero-order chi connectivity index (χ0) is 12.8. The summed E-state index contributed by atoms with van der Waals surface area (Å²) in [5, 5.41) is 0. The maximum atomic E-state index is 5.31. The molecule has 0 N–H and O–H groups in total. The first-order valence-electron chi connectivity index (χ1n) is 5.90. The van der Waals surface area contributed by atoms with Gasteiger partial charge in [-0.2, -0.15) is 0 Å². The van der Waals surface area contributed by atoms with Crippen LogP contribution in [0.4, 0.5) is 0 Å². The van der Waals surface area contributed by atoms with Crippen molar-refractivity contribution in [3.8, 4) is 5.75 Å². The first-order chi connectivity index (χ1) is 8.10. The van der Waals surface area contributed by atoms with E-state index >= 15 is 0 Å². The number of nitrogens with zero attached hydrogens (tertiary/aromatic N) is 1. The lowest BCUT2D eigenvalue weighted by atomic mass is 10.00. The molecule has 0 radical (unpaired) electrons. The smallest absolute Gasteiger partial charge is 0.122 e. The summed E-state index contributed by atoms with van der Waals surface area (Å²) in [6, 6.07) is 4.20. The predicted molar refractivity (Wildman–Crippen MR) is 70.7 cm³/mol. The Bertz CT molecular complexity index is 363. The Labute approximate surface area is 104 Å². The quantitative estimate of drug-likeness (QED) is 0.709. The van der Waals surface area contributed by atoms with E-state index in [0.717, 1.165) is 18.7 Å². The average molecular weight is 237 g/mol. The van der Waals surface area contributed by atoms with E-state index in [1.165, 1.54) is 16.7 Å². The van der Waals surface area contributed by atoms with Gasteiger partial charge in [0.1, 0.15) is 5.75 Å². The van der Waals surface area contributed by atoms with Gasteiger partial charge in [-0.3, -0.25) is 4.90 Å². The summed E-state index contributed by atoms with van der Waals surface area (Å²) in [7, 11) is 5.50. The lowest BCUT2D eigenvalue weighted by Gasteiger charge is -2.17. The van der Waals surface area contributed by atoms with Crippen molar-refractivity contribution in [1.82, 2.24) is 4.90 Å². The molecule has 1 aromatic rings. The van der Waals surface area contributed by atoms with Crippen molar-refractivity contribution in [2.45, 2.75) is 20.3 Å². The van der Waals surface area contributed by atoms with Crippen LogP contribution in [-0.4, -0.2) is 39.4 Å². The Morgan fingerprint density at radius 2 is 1.82 bits per heavy atom. The molecule has 3 nitrogen and oxygen atoms in total. The van der Waals surface area contributed by atoms with E-state index in [-0.39, 0.29) is 0 Å². The van der Waals surface area contributed by atoms with E-state index in [1.807, 2.05) is 6.07 Å². The van der Waals surface area contributed by atoms with Crippen molar-refractivity contribution in [2.24, 2.45) is 0 Å². The molecule has 0 atom stereocenters. The second-order valence-corrected chi connectivity index (χ2v) is 4.42. The molecule has 3 heteroatoms. The van der Waals surface area contributed by atoms with Crippen LogP contribution < -0.4 is 4.74 Å². The highest BCUT2D eigenvalue weighted by Gasteiger charge is 2.07. The minimum Gasteiger partial charge on any atom is -0.496 e. The van der Waals surface area contributed by atoms with E-state index < -0.39 is 0 Å². The SMILES string of the molecule is COCN(C)CCc1ccc(OC)c(C)c1C. The highest BCUT2D eigenvalue weighted by molar-refractivity contribution is 5.43. The summed E-state index contributed by atoms with van der Waals surface area (Å²) in [4.78, 5) is 2.17. The van der Waals surface area contributed by atoms with Crippen LogP contribution >= 0.6 is 0 Å². The maximum Gasteiger partial charge on any atom is 0.122 e. The average Bonchev–Trinajstić information content (AvgIpc) is 2.31. The van der Waals surface area contributed by atoms with Gasteiger partial charge in [0.05, 0.1) is 13.8 Å². The molecule has 0 aliphatic carbocycles. The van der Waals surface area contributed by atoms with E-state index in [0.29, 0.717) is 6.73 Å². The van der Waals surface area contributed by atoms with Crippen LogP contribution in [0, 0.1) is 13.8 Å². The third kappa shape index (κ3) is 3.72. The van der Waals surface area contributed by atoms with E-state index in [2.05, 4.69) is 31.9 Å². The molecule has 0 amide bonds. The van der Waals surface area contributed by atoms with Gasteiger partial charge in [-0.15, -0.1) is 0 Å². The minimum atomic E-state index is 0.675. The topological polar surface area (TPSA) is 21.7 Å². The Kier molecular flexibility index (Phi) is 5.45. The molecule has 1 aromatic carbocycles. The number of benzene rings is 1. The molecule has 0 saturated carbocycles. The van der Waals surface area contributed by atoms with Gasteiger partial charge in [-0.1, -0.05) is 6.07 Å². The van der Waals surface area contributed by atoms with E-state index in [4.69, 9.17) is 9.47 Å². The molecule has 0 bridgehead atoms. The lowest BCUT2D eigenvalue weighted by molar-refractivity contribution is 0.0827. The van der Waals surface area contributed by atoms with Crippen LogP contribution in [0.3, 0.4) is 0 Å². The molecule has 1 rings (SSSR count). The van der Waals surface area contributed by atoms with Crippen LogP contribution in [0.5, 0.6) is 5.75 Å². The van der Waals surface area contributed by atoms with Gasteiger partial charge in [-0.25, -0.2) is 0 Å². The Balaban J connectivity index is 2.69. The summed E-state index contributed by atoms with van der Waals surface area (Å²) in [6.07, 6.45) is 1.04. The summed E-state index contributed by atoms with van der Waals surface area (Å²) in [6.45, 7) is 5.94. The molecule has 17 heavy (non-hydrogen) atoms. The van der Waals surface area contributed by atoms with Crippen molar-refractivity contribution in [3.05, 3.63) is 28.8 Å². The van der Waals surface area contributed by atoms with Gasteiger partial charge in [0.25, 0.3) is 0 Å². The third-order valence-electron chi connectivity index (χ3n) is 3.18. The molecule has 0 fully saturated rings. The second kappa shape index (κ2) is 6.62. The first kappa shape index (κ1) is 14.0. The van der Waals surface area contributed by atoms with Gasteiger partial charge < -0.3 is 9.47 Å². The Hall–Kier alpha value is -1.06. The second-order valence-electron chi connectivity index (χ2n) is 4.42. The predicted octanol–water partition coefficient (Wildman–Crippen LogP) is 2.39. The number of ether oxygens (including phenoxy) is 2. The highest BCUT2D eigenvalue weighted by atomic mass is 16.5. The third-order valence-corrected chi connectivity index (χ3v) is 3.18. The van der Waals surface area contributed by atoms with Crippen molar-refractivity contribution >= 4 is 0 Å². The van der Waals surface area contributed by atoms with Gasteiger partial charge >= 0.3 is 0 Å². The lowest BCUT2D eigenvalue weighted by Crippen LogP contribution is -2.23. The Morgan fingerprint density at radius 1 is 1.12 bits per heavy atom. The van der Waals surface area contributed by atoms with Crippen molar-refractivity contribution < 1.29 is 9.47 Å². The fourth-order valence-corrected chi connectivity index (χ4v) is 1.94. The van der Waals surface area contributed by atoms with Gasteiger partial charge in [-0.05, 0) is 50.1 Å². The highest BCUT2D eigenvalue weighted by Crippen LogP contribution is 2.24. The van der Waals surface area contributed by atoms with Gasteiger partial charge in [0.2, 0.25) is 0 Å². The van der Waals surface area contributed by atoms with Crippen molar-refractivity contribution in [2.75, 3.05) is 34.5 Å². The number of hydrogen-bond acceptors (Lipinski definition) is 3. The number of rotatable bonds is 6. The molecule has 0 saturated heterocycles. The molecule has 0 aliphatic heterocycles. The number of likely N-dealkylation sites (N-methyl/N-ethyl adjacent to an activating group) is 1. The van der Waals surface area contributed by atoms with Crippen LogP contribution in [0.2, 0.25) is 0 Å². The van der Waals surface area contributed by atoms with E-state index in [1.54, 1.807) is 14.2 Å². The molecule has 0 aliphatic rings. The summed E-state index contributed by atoms with van der Waals surface area (Å²) >= 11 is 0.